The molecule has 6 nitrogen and oxygen atoms in total. The second-order valence-electron chi connectivity index (χ2n) is 7.34. The number of morpholine rings is 1. The molecule has 2 unspecified atom stereocenters. The average Bonchev–Trinajstić information content (AvgIpc) is 3.18. The first-order chi connectivity index (χ1) is 14.1. The number of aromatic nitrogens is 2. The Labute approximate surface area is 170 Å². The first-order valence-corrected chi connectivity index (χ1v) is 9.80. The maximum absolute atomic E-state index is 13.5. The molecule has 2 heterocycles. The lowest BCUT2D eigenvalue weighted by Crippen LogP contribution is -2.48. The summed E-state index contributed by atoms with van der Waals surface area (Å²) in [7, 11) is 1.62. The van der Waals surface area contributed by atoms with Gasteiger partial charge in [0.2, 0.25) is 0 Å². The van der Waals surface area contributed by atoms with E-state index in [1.54, 1.807) is 11.8 Å². The van der Waals surface area contributed by atoms with Gasteiger partial charge in [0.05, 0.1) is 30.6 Å². The zero-order valence-electron chi connectivity index (χ0n) is 16.9. The Morgan fingerprint density at radius 1 is 1.03 bits per heavy atom. The highest BCUT2D eigenvalue weighted by Gasteiger charge is 2.30. The molecule has 3 aromatic rings. The molecule has 6 heteroatoms. The lowest BCUT2D eigenvalue weighted by molar-refractivity contribution is -0.0586. The SMILES string of the molecule is COc1ccccc1-c1nn(-c2ccccc2)cc1C(=O)N1CC(C)OC(C)C1. The second kappa shape index (κ2) is 8.09. The van der Waals surface area contributed by atoms with Crippen LogP contribution in [0.4, 0.5) is 0 Å². The number of amides is 1. The predicted molar refractivity (Wildman–Crippen MR) is 111 cm³/mol. The maximum atomic E-state index is 13.5. The Bertz CT molecular complexity index is 990. The van der Waals surface area contributed by atoms with Crippen molar-refractivity contribution in [3.8, 4) is 22.7 Å². The van der Waals surface area contributed by atoms with E-state index in [2.05, 4.69) is 0 Å². The number of benzene rings is 2. The fourth-order valence-corrected chi connectivity index (χ4v) is 3.80. The van der Waals surface area contributed by atoms with E-state index < -0.39 is 0 Å². The monoisotopic (exact) mass is 391 g/mol. The van der Waals surface area contributed by atoms with Crippen LogP contribution >= 0.6 is 0 Å². The molecule has 1 aliphatic rings. The highest BCUT2D eigenvalue weighted by molar-refractivity contribution is 6.00. The van der Waals surface area contributed by atoms with Crippen molar-refractivity contribution in [3.05, 3.63) is 66.4 Å². The van der Waals surface area contributed by atoms with Crippen molar-refractivity contribution in [2.45, 2.75) is 26.1 Å². The second-order valence-corrected chi connectivity index (χ2v) is 7.34. The van der Waals surface area contributed by atoms with Crippen LogP contribution in [-0.2, 0) is 4.74 Å². The van der Waals surface area contributed by atoms with Gasteiger partial charge >= 0.3 is 0 Å². The van der Waals surface area contributed by atoms with Crippen molar-refractivity contribution in [2.75, 3.05) is 20.2 Å². The summed E-state index contributed by atoms with van der Waals surface area (Å²) in [5, 5.41) is 4.77. The van der Waals surface area contributed by atoms with E-state index in [1.807, 2.05) is 79.5 Å². The Kier molecular flexibility index (Phi) is 5.36. The van der Waals surface area contributed by atoms with Crippen molar-refractivity contribution in [1.82, 2.24) is 14.7 Å². The third-order valence-electron chi connectivity index (χ3n) is 5.03. The molecule has 0 radical (unpaired) electrons. The van der Waals surface area contributed by atoms with Gasteiger partial charge in [-0.2, -0.15) is 5.10 Å². The van der Waals surface area contributed by atoms with Gasteiger partial charge in [-0.25, -0.2) is 4.68 Å². The fraction of sp³-hybridized carbons (Fsp3) is 0.304. The van der Waals surface area contributed by atoms with Gasteiger partial charge in [0, 0.05) is 24.8 Å². The molecule has 150 valence electrons. The highest BCUT2D eigenvalue weighted by atomic mass is 16.5. The summed E-state index contributed by atoms with van der Waals surface area (Å²) in [6, 6.07) is 17.4. The first kappa shape index (κ1) is 19.2. The van der Waals surface area contributed by atoms with Gasteiger partial charge in [0.1, 0.15) is 11.4 Å². The van der Waals surface area contributed by atoms with Crippen LogP contribution in [0.15, 0.2) is 60.8 Å². The zero-order valence-corrected chi connectivity index (χ0v) is 16.9. The van der Waals surface area contributed by atoms with Crippen molar-refractivity contribution < 1.29 is 14.3 Å². The van der Waals surface area contributed by atoms with Crippen molar-refractivity contribution in [3.63, 3.8) is 0 Å². The molecule has 1 aliphatic heterocycles. The third-order valence-corrected chi connectivity index (χ3v) is 5.03. The number of methoxy groups -OCH3 is 1. The molecule has 0 bridgehead atoms. The Morgan fingerprint density at radius 3 is 2.38 bits per heavy atom. The standard InChI is InChI=1S/C23H25N3O3/c1-16-13-25(14-17(2)29-16)23(27)20-15-26(18-9-5-4-6-10-18)24-22(20)19-11-7-8-12-21(19)28-3/h4-12,15-17H,13-14H2,1-3H3. The number of carbonyl (C=O) groups excluding carboxylic acids is 1. The lowest BCUT2D eigenvalue weighted by Gasteiger charge is -2.35. The fourth-order valence-electron chi connectivity index (χ4n) is 3.80. The molecule has 0 spiro atoms. The number of hydrogen-bond donors (Lipinski definition) is 0. The van der Waals surface area contributed by atoms with E-state index in [0.717, 1.165) is 11.3 Å². The van der Waals surface area contributed by atoms with Crippen LogP contribution in [0.3, 0.4) is 0 Å². The van der Waals surface area contributed by atoms with Gasteiger partial charge in [0.15, 0.2) is 0 Å². The molecule has 2 atom stereocenters. The molecule has 2 aromatic carbocycles. The molecule has 0 saturated carbocycles. The van der Waals surface area contributed by atoms with Crippen molar-refractivity contribution >= 4 is 5.91 Å². The van der Waals surface area contributed by atoms with E-state index in [-0.39, 0.29) is 18.1 Å². The Balaban J connectivity index is 1.81. The van der Waals surface area contributed by atoms with Gasteiger partial charge in [0.25, 0.3) is 5.91 Å². The van der Waals surface area contributed by atoms with Gasteiger partial charge in [-0.15, -0.1) is 0 Å². The molecule has 1 fully saturated rings. The molecule has 29 heavy (non-hydrogen) atoms. The largest absolute Gasteiger partial charge is 0.496 e. The third kappa shape index (κ3) is 3.89. The number of nitrogens with zero attached hydrogens (tertiary/aromatic N) is 3. The van der Waals surface area contributed by atoms with Crippen molar-refractivity contribution in [2.24, 2.45) is 0 Å². The summed E-state index contributed by atoms with van der Waals surface area (Å²) in [5.74, 6) is 0.638. The molecule has 4 rings (SSSR count). The summed E-state index contributed by atoms with van der Waals surface area (Å²) in [6.07, 6.45) is 1.81. The summed E-state index contributed by atoms with van der Waals surface area (Å²) in [5.41, 5.74) is 2.86. The minimum Gasteiger partial charge on any atom is -0.496 e. The van der Waals surface area contributed by atoms with Crippen LogP contribution in [-0.4, -0.2) is 53.0 Å². The summed E-state index contributed by atoms with van der Waals surface area (Å²) < 4.78 is 13.1. The van der Waals surface area contributed by atoms with Gasteiger partial charge in [-0.3, -0.25) is 4.79 Å². The minimum absolute atomic E-state index is 0.00146. The molecule has 1 aromatic heterocycles. The number of ether oxygens (including phenoxy) is 2. The smallest absolute Gasteiger partial charge is 0.257 e. The number of hydrogen-bond acceptors (Lipinski definition) is 4. The molecule has 1 amide bonds. The van der Waals surface area contributed by atoms with E-state index in [1.165, 1.54) is 0 Å². The van der Waals surface area contributed by atoms with E-state index >= 15 is 0 Å². The van der Waals surface area contributed by atoms with Crippen LogP contribution in [0.2, 0.25) is 0 Å². The van der Waals surface area contributed by atoms with Gasteiger partial charge in [-0.05, 0) is 38.1 Å². The first-order valence-electron chi connectivity index (χ1n) is 9.80. The highest BCUT2D eigenvalue weighted by Crippen LogP contribution is 2.32. The molecular weight excluding hydrogens is 366 g/mol. The Hall–Kier alpha value is -3.12. The quantitative estimate of drug-likeness (QED) is 0.679. The Morgan fingerprint density at radius 2 is 1.69 bits per heavy atom. The van der Waals surface area contributed by atoms with E-state index in [0.29, 0.717) is 30.1 Å². The van der Waals surface area contributed by atoms with Crippen molar-refractivity contribution in [1.29, 1.82) is 0 Å². The van der Waals surface area contributed by atoms with Gasteiger partial charge < -0.3 is 14.4 Å². The van der Waals surface area contributed by atoms with Crippen LogP contribution in [0, 0.1) is 0 Å². The summed E-state index contributed by atoms with van der Waals surface area (Å²) >= 11 is 0. The molecule has 1 saturated heterocycles. The summed E-state index contributed by atoms with van der Waals surface area (Å²) in [4.78, 5) is 15.4. The minimum atomic E-state index is -0.0462. The molecular formula is C23H25N3O3. The van der Waals surface area contributed by atoms with Crippen LogP contribution < -0.4 is 4.74 Å². The van der Waals surface area contributed by atoms with E-state index in [4.69, 9.17) is 14.6 Å². The van der Waals surface area contributed by atoms with E-state index in [9.17, 15) is 4.79 Å². The predicted octanol–water partition coefficient (Wildman–Crippen LogP) is 3.80. The number of carbonyl (C=O) groups is 1. The normalized spacial score (nSPS) is 19.2. The zero-order chi connectivity index (χ0) is 20.4. The topological polar surface area (TPSA) is 56.6 Å². The lowest BCUT2D eigenvalue weighted by atomic mass is 10.1. The van der Waals surface area contributed by atoms with Crippen LogP contribution in [0.1, 0.15) is 24.2 Å². The number of rotatable bonds is 4. The maximum Gasteiger partial charge on any atom is 0.257 e. The molecule has 0 aliphatic carbocycles. The number of para-hydroxylation sites is 2. The average molecular weight is 391 g/mol. The van der Waals surface area contributed by atoms with Gasteiger partial charge in [-0.1, -0.05) is 30.3 Å². The summed E-state index contributed by atoms with van der Waals surface area (Å²) in [6.45, 7) is 5.10. The molecule has 0 N–H and O–H groups in total. The van der Waals surface area contributed by atoms with Crippen LogP contribution in [0.25, 0.3) is 16.9 Å². The van der Waals surface area contributed by atoms with Crippen LogP contribution in [0.5, 0.6) is 5.75 Å².